The molecule has 15 heavy (non-hydrogen) atoms. The van der Waals surface area contributed by atoms with E-state index in [9.17, 15) is 13.0 Å². The maximum atomic E-state index is 10.8. The van der Waals surface area contributed by atoms with Gasteiger partial charge in [0.15, 0.2) is 0 Å². The summed E-state index contributed by atoms with van der Waals surface area (Å²) in [5.74, 6) is 0.0317. The van der Waals surface area contributed by atoms with Crippen LogP contribution in [0.25, 0.3) is 0 Å². The van der Waals surface area contributed by atoms with E-state index >= 15 is 0 Å². The molecule has 0 aliphatic carbocycles. The smallest absolute Gasteiger partial charge is 0.312 e. The van der Waals surface area contributed by atoms with E-state index in [1.165, 1.54) is 0 Å². The topological polar surface area (TPSA) is 104 Å². The van der Waals surface area contributed by atoms with Crippen LogP contribution in [0.2, 0.25) is 0 Å². The average molecular weight is 282 g/mol. The number of rotatable bonds is 7. The Hall–Kier alpha value is 0.310. The molecule has 0 aliphatic heterocycles. The van der Waals surface area contributed by atoms with Gasteiger partial charge in [-0.25, -0.2) is 9.24 Å². The quantitative estimate of drug-likeness (QED) is 0.371. The van der Waals surface area contributed by atoms with E-state index in [1.807, 2.05) is 0 Å². The Morgan fingerprint density at radius 3 is 2.27 bits per heavy atom. The number of hydrogen-bond acceptors (Lipinski definition) is 4. The number of hydrogen-bond donors (Lipinski definition) is 2. The number of halogens is 1. The lowest BCUT2D eigenvalue weighted by Crippen LogP contribution is -2.27. The van der Waals surface area contributed by atoms with Crippen molar-refractivity contribution in [2.45, 2.75) is 0 Å². The maximum absolute atomic E-state index is 10.8. The molecule has 0 unspecified atom stereocenters. The normalized spacial score (nSPS) is 13.4. The van der Waals surface area contributed by atoms with E-state index in [1.54, 1.807) is 0 Å². The molecular weight excluding hydrogens is 269 g/mol. The summed E-state index contributed by atoms with van der Waals surface area (Å²) in [6.45, 7) is -0.566. The number of alkyl halides is 1. The second-order valence-electron chi connectivity index (χ2n) is 2.68. The van der Waals surface area contributed by atoms with Gasteiger partial charge in [0.1, 0.15) is 0 Å². The van der Waals surface area contributed by atoms with E-state index in [0.29, 0.717) is 0 Å². The highest BCUT2D eigenvalue weighted by Crippen LogP contribution is 2.39. The lowest BCUT2D eigenvalue weighted by Gasteiger charge is -2.21. The molecule has 7 nitrogen and oxygen atoms in total. The molecule has 0 heterocycles. The van der Waals surface area contributed by atoms with Gasteiger partial charge < -0.3 is 9.79 Å². The maximum Gasteiger partial charge on any atom is 0.403 e. The van der Waals surface area contributed by atoms with Crippen molar-refractivity contribution in [1.82, 2.24) is 4.67 Å². The minimum atomic E-state index is -4.40. The van der Waals surface area contributed by atoms with Crippen LogP contribution in [0.15, 0.2) is 0 Å². The van der Waals surface area contributed by atoms with Crippen LogP contribution in [0.5, 0.6) is 0 Å². The first-order chi connectivity index (χ1) is 6.67. The second-order valence-corrected chi connectivity index (χ2v) is 6.30. The zero-order chi connectivity index (χ0) is 12.1. The molecule has 0 aromatic carbocycles. The summed E-state index contributed by atoms with van der Waals surface area (Å²) in [5, 5.41) is 0. The molecule has 0 atom stereocenters. The molecule has 10 heteroatoms. The first-order valence-electron chi connectivity index (χ1n) is 3.88. The fourth-order valence-corrected chi connectivity index (χ4v) is 2.17. The lowest BCUT2D eigenvalue weighted by atomic mass is 10.6. The minimum Gasteiger partial charge on any atom is -0.312 e. The highest BCUT2D eigenvalue weighted by Gasteiger charge is 2.24. The largest absolute Gasteiger partial charge is 0.403 e. The van der Waals surface area contributed by atoms with Gasteiger partial charge in [0, 0.05) is 19.0 Å². The van der Waals surface area contributed by atoms with Crippen molar-refractivity contribution >= 4 is 29.5 Å². The van der Waals surface area contributed by atoms with E-state index in [2.05, 4.69) is 4.18 Å². The molecule has 0 spiro atoms. The van der Waals surface area contributed by atoms with Gasteiger partial charge in [0.05, 0.1) is 12.9 Å². The Kier molecular flexibility index (Phi) is 6.27. The molecular formula is C5H13ClNO6PS. The van der Waals surface area contributed by atoms with Crippen molar-refractivity contribution in [3.05, 3.63) is 0 Å². The van der Waals surface area contributed by atoms with Crippen molar-refractivity contribution in [1.29, 1.82) is 0 Å². The van der Waals surface area contributed by atoms with Crippen LogP contribution in [0, 0.1) is 0 Å². The van der Waals surface area contributed by atoms with E-state index in [4.69, 9.17) is 21.4 Å². The molecule has 0 aromatic heterocycles. The van der Waals surface area contributed by atoms with Gasteiger partial charge in [0.25, 0.3) is 10.1 Å². The van der Waals surface area contributed by atoms with Crippen molar-refractivity contribution in [2.75, 3.05) is 31.8 Å². The average Bonchev–Trinajstić information content (AvgIpc) is 1.98. The van der Waals surface area contributed by atoms with Gasteiger partial charge in [0.2, 0.25) is 0 Å². The zero-order valence-corrected chi connectivity index (χ0v) is 10.5. The predicted octanol–water partition coefficient (Wildman–Crippen LogP) is -0.404. The first-order valence-corrected chi connectivity index (χ1v) is 7.80. The predicted molar refractivity (Wildman–Crippen MR) is 55.1 cm³/mol. The second kappa shape index (κ2) is 6.15. The van der Waals surface area contributed by atoms with Crippen molar-refractivity contribution < 1.29 is 27.0 Å². The van der Waals surface area contributed by atoms with Gasteiger partial charge in [-0.15, -0.1) is 11.6 Å². The molecule has 0 saturated heterocycles. The third-order valence-electron chi connectivity index (χ3n) is 1.36. The van der Waals surface area contributed by atoms with Gasteiger partial charge in [-0.3, -0.25) is 4.18 Å². The molecule has 0 bridgehead atoms. The molecule has 2 N–H and O–H groups in total. The molecule has 0 fully saturated rings. The summed E-state index contributed by atoms with van der Waals surface area (Å²) in [6, 6.07) is 0. The Bertz CT molecular complexity index is 326. The van der Waals surface area contributed by atoms with Crippen molar-refractivity contribution in [3.63, 3.8) is 0 Å². The third kappa shape index (κ3) is 8.15. The lowest BCUT2D eigenvalue weighted by molar-refractivity contribution is 0.235. The molecule has 0 aromatic rings. The summed E-state index contributed by atoms with van der Waals surface area (Å²) in [5.41, 5.74) is 0. The fourth-order valence-electron chi connectivity index (χ4n) is 0.764. The van der Waals surface area contributed by atoms with Gasteiger partial charge in [-0.05, 0) is 0 Å². The van der Waals surface area contributed by atoms with E-state index in [-0.39, 0.29) is 25.6 Å². The molecule has 0 amide bonds. The minimum absolute atomic E-state index is 0.0317. The third-order valence-corrected chi connectivity index (χ3v) is 3.26. The van der Waals surface area contributed by atoms with Gasteiger partial charge >= 0.3 is 7.75 Å². The summed E-state index contributed by atoms with van der Waals surface area (Å²) in [6.07, 6.45) is 0.858. The van der Waals surface area contributed by atoms with Crippen LogP contribution in [-0.4, -0.2) is 54.7 Å². The summed E-state index contributed by atoms with van der Waals surface area (Å²) >= 11 is 5.33. The Morgan fingerprint density at radius 1 is 1.40 bits per heavy atom. The van der Waals surface area contributed by atoms with E-state index < -0.39 is 17.9 Å². The Morgan fingerprint density at radius 2 is 1.93 bits per heavy atom. The van der Waals surface area contributed by atoms with Gasteiger partial charge in [-0.1, -0.05) is 0 Å². The molecule has 0 saturated carbocycles. The fraction of sp³-hybridized carbons (Fsp3) is 1.00. The van der Waals surface area contributed by atoms with Gasteiger partial charge in [-0.2, -0.15) is 8.42 Å². The van der Waals surface area contributed by atoms with Crippen LogP contribution in [-0.2, 0) is 18.9 Å². The van der Waals surface area contributed by atoms with Crippen molar-refractivity contribution in [2.24, 2.45) is 0 Å². The van der Waals surface area contributed by atoms with Crippen LogP contribution < -0.4 is 0 Å². The monoisotopic (exact) mass is 281 g/mol. The standard InChI is InChI=1S/C5H13ClNO6PS/c1-15(11,12)13-5-4-7(3-2-6)14(8,9)10/h2-5H2,1H3,(H2,8,9,10). The number of nitrogens with zero attached hydrogens (tertiary/aromatic N) is 1. The summed E-state index contributed by atoms with van der Waals surface area (Å²) in [7, 11) is -7.99. The van der Waals surface area contributed by atoms with Crippen LogP contribution in [0.3, 0.4) is 0 Å². The Balaban J connectivity index is 4.15. The molecule has 0 radical (unpaired) electrons. The molecule has 92 valence electrons. The molecule has 0 aliphatic rings. The van der Waals surface area contributed by atoms with Crippen molar-refractivity contribution in [3.8, 4) is 0 Å². The highest BCUT2D eigenvalue weighted by molar-refractivity contribution is 7.85. The summed E-state index contributed by atoms with van der Waals surface area (Å²) < 4.78 is 37.1. The van der Waals surface area contributed by atoms with Crippen LogP contribution >= 0.6 is 19.3 Å². The zero-order valence-electron chi connectivity index (χ0n) is 8.04. The summed E-state index contributed by atoms with van der Waals surface area (Å²) in [4.78, 5) is 17.6. The highest BCUT2D eigenvalue weighted by atomic mass is 35.5. The first kappa shape index (κ1) is 15.3. The Labute approximate surface area is 93.3 Å². The van der Waals surface area contributed by atoms with E-state index in [0.717, 1.165) is 10.9 Å². The van der Waals surface area contributed by atoms with Crippen LogP contribution in [0.1, 0.15) is 0 Å². The molecule has 0 rings (SSSR count). The van der Waals surface area contributed by atoms with Crippen LogP contribution in [0.4, 0.5) is 0 Å². The SMILES string of the molecule is CS(=O)(=O)OCCN(CCCl)P(=O)(O)O.